The number of hydrogen-bond acceptors (Lipinski definition) is 6. The molecule has 1 rings (SSSR count). The lowest BCUT2D eigenvalue weighted by Crippen LogP contribution is -2.37. The van der Waals surface area contributed by atoms with Gasteiger partial charge in [-0.15, -0.1) is 0 Å². The molecule has 1 aromatic rings. The van der Waals surface area contributed by atoms with Crippen LogP contribution in [-0.2, 0) is 14.8 Å². The maximum Gasteiger partial charge on any atom is 0.407 e. The fourth-order valence-corrected chi connectivity index (χ4v) is 2.69. The zero-order valence-corrected chi connectivity index (χ0v) is 14.5. The molecule has 0 aliphatic heterocycles. The zero-order chi connectivity index (χ0) is 17.7. The predicted octanol–water partition coefficient (Wildman–Crippen LogP) is 1.08. The van der Waals surface area contributed by atoms with Gasteiger partial charge in [-0.1, -0.05) is 0 Å². The van der Waals surface area contributed by atoms with Gasteiger partial charge in [0.15, 0.2) is 0 Å². The molecule has 0 heterocycles. The summed E-state index contributed by atoms with van der Waals surface area (Å²) in [5.74, 6) is 0.399. The fourth-order valence-electron chi connectivity index (χ4n) is 1.63. The minimum absolute atomic E-state index is 0.0213. The highest BCUT2D eigenvalue weighted by Gasteiger charge is 2.17. The van der Waals surface area contributed by atoms with Gasteiger partial charge in [0.2, 0.25) is 10.0 Å². The van der Waals surface area contributed by atoms with Crippen molar-refractivity contribution >= 4 is 21.8 Å². The summed E-state index contributed by atoms with van der Waals surface area (Å²) in [6.45, 7) is 5.34. The normalized spacial score (nSPS) is 11.8. The Morgan fingerprint density at radius 3 is 2.43 bits per heavy atom. The van der Waals surface area contributed by atoms with Crippen molar-refractivity contribution in [3.05, 3.63) is 18.2 Å². The summed E-state index contributed by atoms with van der Waals surface area (Å²) >= 11 is 0. The minimum Gasteiger partial charge on any atom is -0.495 e. The Morgan fingerprint density at radius 1 is 1.26 bits per heavy atom. The van der Waals surface area contributed by atoms with Crippen LogP contribution in [0.1, 0.15) is 20.8 Å². The van der Waals surface area contributed by atoms with E-state index in [0.29, 0.717) is 5.75 Å². The van der Waals surface area contributed by atoms with Crippen LogP contribution in [0.15, 0.2) is 23.1 Å². The molecule has 0 aliphatic carbocycles. The molecule has 9 heteroatoms. The molecule has 0 aliphatic rings. The Balaban J connectivity index is 2.54. The maximum absolute atomic E-state index is 12.1. The first kappa shape index (κ1) is 19.0. The zero-order valence-electron chi connectivity index (χ0n) is 13.7. The molecular weight excluding hydrogens is 322 g/mol. The van der Waals surface area contributed by atoms with Crippen LogP contribution < -0.4 is 20.5 Å². The third-order valence-corrected chi connectivity index (χ3v) is 4.06. The summed E-state index contributed by atoms with van der Waals surface area (Å²) < 4.78 is 36.6. The second kappa shape index (κ2) is 7.51. The summed E-state index contributed by atoms with van der Waals surface area (Å²) in [5.41, 5.74) is 5.31. The summed E-state index contributed by atoms with van der Waals surface area (Å²) in [4.78, 5) is 11.4. The molecule has 4 N–H and O–H groups in total. The van der Waals surface area contributed by atoms with Crippen molar-refractivity contribution in [1.29, 1.82) is 0 Å². The number of amides is 1. The quantitative estimate of drug-likeness (QED) is 0.524. The van der Waals surface area contributed by atoms with Crippen LogP contribution in [-0.4, -0.2) is 40.3 Å². The van der Waals surface area contributed by atoms with Gasteiger partial charge < -0.3 is 20.5 Å². The van der Waals surface area contributed by atoms with E-state index in [4.69, 9.17) is 15.2 Å². The topological polar surface area (TPSA) is 120 Å². The number of nitrogens with one attached hydrogen (secondary N) is 2. The first-order chi connectivity index (χ1) is 10.5. The summed E-state index contributed by atoms with van der Waals surface area (Å²) in [5, 5.41) is 2.46. The molecule has 130 valence electrons. The molecular formula is C14H23N3O5S. The van der Waals surface area contributed by atoms with E-state index in [1.54, 1.807) is 20.8 Å². The number of sulfonamides is 1. The number of ether oxygens (including phenoxy) is 2. The van der Waals surface area contributed by atoms with Crippen molar-refractivity contribution < 1.29 is 22.7 Å². The Bertz CT molecular complexity index is 653. The largest absolute Gasteiger partial charge is 0.495 e. The smallest absolute Gasteiger partial charge is 0.407 e. The van der Waals surface area contributed by atoms with Crippen molar-refractivity contribution in [1.82, 2.24) is 10.0 Å². The lowest BCUT2D eigenvalue weighted by molar-refractivity contribution is 0.0529. The number of nitrogen functional groups attached to an aromatic ring is 1. The number of carbonyl (C=O) groups is 1. The molecule has 1 aromatic carbocycles. The average molecular weight is 345 g/mol. The summed E-state index contributed by atoms with van der Waals surface area (Å²) in [6.07, 6.45) is -0.606. The second-order valence-corrected chi connectivity index (χ2v) is 7.50. The number of nitrogens with two attached hydrogens (primary N) is 1. The van der Waals surface area contributed by atoms with Crippen LogP contribution in [0, 0.1) is 0 Å². The molecule has 0 saturated heterocycles. The van der Waals surface area contributed by atoms with E-state index in [2.05, 4.69) is 10.0 Å². The molecule has 0 bridgehead atoms. The van der Waals surface area contributed by atoms with E-state index >= 15 is 0 Å². The summed E-state index contributed by atoms with van der Waals surface area (Å²) in [6, 6.07) is 4.17. The van der Waals surface area contributed by atoms with Crippen LogP contribution in [0.4, 0.5) is 10.5 Å². The van der Waals surface area contributed by atoms with Crippen molar-refractivity contribution in [3.63, 3.8) is 0 Å². The molecule has 0 spiro atoms. The number of alkyl carbamates (subject to hydrolysis) is 1. The van der Waals surface area contributed by atoms with Gasteiger partial charge in [-0.2, -0.15) is 0 Å². The fraction of sp³-hybridized carbons (Fsp3) is 0.500. The van der Waals surface area contributed by atoms with Gasteiger partial charge in [-0.3, -0.25) is 0 Å². The third kappa shape index (κ3) is 6.33. The molecule has 1 amide bonds. The van der Waals surface area contributed by atoms with E-state index in [1.807, 2.05) is 0 Å². The minimum atomic E-state index is -3.72. The van der Waals surface area contributed by atoms with Crippen molar-refractivity contribution in [3.8, 4) is 5.75 Å². The van der Waals surface area contributed by atoms with Crippen molar-refractivity contribution in [2.45, 2.75) is 31.3 Å². The number of rotatable bonds is 6. The number of hydrogen-bond donors (Lipinski definition) is 3. The highest BCUT2D eigenvalue weighted by Crippen LogP contribution is 2.24. The maximum atomic E-state index is 12.1. The molecule has 0 unspecified atom stereocenters. The van der Waals surface area contributed by atoms with E-state index in [0.717, 1.165) is 0 Å². The SMILES string of the molecule is COc1ccc(S(=O)(=O)NCCNC(=O)OC(C)(C)C)cc1N. The van der Waals surface area contributed by atoms with Gasteiger partial charge in [-0.05, 0) is 39.0 Å². The molecule has 0 aromatic heterocycles. The van der Waals surface area contributed by atoms with Crippen molar-refractivity contribution in [2.24, 2.45) is 0 Å². The predicted molar refractivity (Wildman–Crippen MR) is 86.8 cm³/mol. The standard InChI is InChI=1S/C14H23N3O5S/c1-14(2,3)22-13(18)16-7-8-17-23(19,20)10-5-6-12(21-4)11(15)9-10/h5-6,9,17H,7-8,15H2,1-4H3,(H,16,18). The van der Waals surface area contributed by atoms with E-state index in [1.165, 1.54) is 25.3 Å². The monoisotopic (exact) mass is 345 g/mol. The molecule has 0 saturated carbocycles. The van der Waals surface area contributed by atoms with Gasteiger partial charge >= 0.3 is 6.09 Å². The van der Waals surface area contributed by atoms with E-state index in [-0.39, 0.29) is 23.7 Å². The van der Waals surface area contributed by atoms with Gasteiger partial charge in [0.05, 0.1) is 17.7 Å². The van der Waals surface area contributed by atoms with Crippen LogP contribution in [0.25, 0.3) is 0 Å². The number of benzene rings is 1. The third-order valence-electron chi connectivity index (χ3n) is 2.60. The molecule has 23 heavy (non-hydrogen) atoms. The van der Waals surface area contributed by atoms with E-state index in [9.17, 15) is 13.2 Å². The molecule has 0 radical (unpaired) electrons. The average Bonchev–Trinajstić information content (AvgIpc) is 2.41. The van der Waals surface area contributed by atoms with Gasteiger partial charge in [0.25, 0.3) is 0 Å². The van der Waals surface area contributed by atoms with Crippen LogP contribution in [0.2, 0.25) is 0 Å². The van der Waals surface area contributed by atoms with Crippen LogP contribution in [0.5, 0.6) is 5.75 Å². The molecule has 0 atom stereocenters. The highest BCUT2D eigenvalue weighted by atomic mass is 32.2. The Hall–Kier alpha value is -2.00. The van der Waals surface area contributed by atoms with E-state index < -0.39 is 21.7 Å². The van der Waals surface area contributed by atoms with Crippen molar-refractivity contribution in [2.75, 3.05) is 25.9 Å². The lowest BCUT2D eigenvalue weighted by atomic mass is 10.2. The van der Waals surface area contributed by atoms with Gasteiger partial charge in [-0.25, -0.2) is 17.9 Å². The molecule has 0 fully saturated rings. The first-order valence-electron chi connectivity index (χ1n) is 6.95. The Labute approximate surface area is 136 Å². The number of anilines is 1. The van der Waals surface area contributed by atoms with Gasteiger partial charge in [0.1, 0.15) is 11.4 Å². The first-order valence-corrected chi connectivity index (χ1v) is 8.43. The van der Waals surface area contributed by atoms with Crippen LogP contribution in [0.3, 0.4) is 0 Å². The Kier molecular flexibility index (Phi) is 6.22. The summed E-state index contributed by atoms with van der Waals surface area (Å²) in [7, 11) is -2.27. The van der Waals surface area contributed by atoms with Crippen LogP contribution >= 0.6 is 0 Å². The number of carbonyl (C=O) groups excluding carboxylic acids is 1. The Morgan fingerprint density at radius 2 is 1.91 bits per heavy atom. The lowest BCUT2D eigenvalue weighted by Gasteiger charge is -2.19. The number of methoxy groups -OCH3 is 1. The molecule has 8 nitrogen and oxygen atoms in total. The second-order valence-electron chi connectivity index (χ2n) is 5.73. The highest BCUT2D eigenvalue weighted by molar-refractivity contribution is 7.89. The van der Waals surface area contributed by atoms with Gasteiger partial charge in [0, 0.05) is 13.1 Å².